The van der Waals surface area contributed by atoms with E-state index in [9.17, 15) is 26.3 Å². The third-order valence-electron chi connectivity index (χ3n) is 5.31. The van der Waals surface area contributed by atoms with Crippen LogP contribution in [0.15, 0.2) is 82.8 Å². The fraction of sp³-hybridized carbons (Fsp3) is 0.167. The molecule has 5 rings (SSSR count). The average Bonchev–Trinajstić information content (AvgIpc) is 2.81. The molecular formula is C24H14F6N2O2. The van der Waals surface area contributed by atoms with Gasteiger partial charge in [0.2, 0.25) is 24.0 Å². The summed E-state index contributed by atoms with van der Waals surface area (Å²) in [6, 6.07) is 17.1. The minimum absolute atomic E-state index is 0.0998. The van der Waals surface area contributed by atoms with E-state index in [0.717, 1.165) is 0 Å². The molecule has 2 heterocycles. The molecule has 0 saturated heterocycles. The maximum absolute atomic E-state index is 13.6. The molecular weight excluding hydrogens is 462 g/mol. The van der Waals surface area contributed by atoms with E-state index in [1.165, 1.54) is 60.7 Å². The number of benzene rings is 3. The third-order valence-corrected chi connectivity index (χ3v) is 5.31. The smallest absolute Gasteiger partial charge is 0.429 e. The van der Waals surface area contributed by atoms with Gasteiger partial charge in [0, 0.05) is 22.3 Å². The van der Waals surface area contributed by atoms with Gasteiger partial charge >= 0.3 is 12.4 Å². The lowest BCUT2D eigenvalue weighted by atomic mass is 10.0. The van der Waals surface area contributed by atoms with Gasteiger partial charge in [0.05, 0.1) is 11.4 Å². The summed E-state index contributed by atoms with van der Waals surface area (Å²) in [5.74, 6) is -0.504. The summed E-state index contributed by atoms with van der Waals surface area (Å²) in [7, 11) is 0. The number of hydrogen-bond acceptors (Lipinski definition) is 4. The topological polar surface area (TPSA) is 43.2 Å². The number of nitrogens with zero attached hydrogens (tertiary/aromatic N) is 2. The molecule has 0 amide bonds. The minimum atomic E-state index is -4.66. The lowest BCUT2D eigenvalue weighted by molar-refractivity contribution is -0.202. The number of ether oxygens (including phenoxy) is 2. The molecule has 0 saturated carbocycles. The molecule has 3 aromatic rings. The molecule has 0 unspecified atom stereocenters. The zero-order chi connectivity index (χ0) is 24.1. The van der Waals surface area contributed by atoms with Crippen molar-refractivity contribution in [3.63, 3.8) is 0 Å². The fourth-order valence-electron chi connectivity index (χ4n) is 3.75. The van der Waals surface area contributed by atoms with Crippen LogP contribution in [-0.4, -0.2) is 24.1 Å². The second kappa shape index (κ2) is 7.89. The number of alkyl halides is 6. The number of rotatable bonds is 2. The zero-order valence-corrected chi connectivity index (χ0v) is 17.1. The normalized spacial score (nSPS) is 19.7. The number of fused-ring (bicyclic) bond motifs is 2. The molecule has 0 spiro atoms. The van der Waals surface area contributed by atoms with E-state index in [0.29, 0.717) is 0 Å². The zero-order valence-electron chi connectivity index (χ0n) is 17.1. The SMILES string of the molecule is FC(F)(F)[C@@H]1OC(c2ccc(C3=Nc4ccccc4[C@@H](C(F)(F)F)O3)cc2)=Nc2ccccc21. The summed E-state index contributed by atoms with van der Waals surface area (Å²) in [6.07, 6.45) is -13.7. The van der Waals surface area contributed by atoms with Crippen LogP contribution in [0.3, 0.4) is 0 Å². The molecule has 34 heavy (non-hydrogen) atoms. The van der Waals surface area contributed by atoms with Gasteiger partial charge in [0.25, 0.3) is 0 Å². The van der Waals surface area contributed by atoms with Crippen LogP contribution in [0, 0.1) is 0 Å². The predicted octanol–water partition coefficient (Wildman–Crippen LogP) is 7.11. The van der Waals surface area contributed by atoms with E-state index >= 15 is 0 Å². The van der Waals surface area contributed by atoms with Gasteiger partial charge in [-0.3, -0.25) is 0 Å². The predicted molar refractivity (Wildman–Crippen MR) is 111 cm³/mol. The number of para-hydroxylation sites is 2. The molecule has 0 aliphatic carbocycles. The van der Waals surface area contributed by atoms with Crippen molar-refractivity contribution < 1.29 is 35.8 Å². The summed E-state index contributed by atoms with van der Waals surface area (Å²) >= 11 is 0. The Morgan fingerprint density at radius 1 is 0.529 bits per heavy atom. The van der Waals surface area contributed by atoms with Crippen LogP contribution in [-0.2, 0) is 9.47 Å². The monoisotopic (exact) mass is 476 g/mol. The first-order valence-electron chi connectivity index (χ1n) is 10.0. The molecule has 2 atom stereocenters. The van der Waals surface area contributed by atoms with Gasteiger partial charge in [-0.1, -0.05) is 36.4 Å². The second-order valence-corrected chi connectivity index (χ2v) is 7.61. The lowest BCUT2D eigenvalue weighted by Crippen LogP contribution is -2.29. The van der Waals surface area contributed by atoms with E-state index in [1.807, 2.05) is 0 Å². The highest BCUT2D eigenvalue weighted by Crippen LogP contribution is 2.45. The van der Waals surface area contributed by atoms with Crippen molar-refractivity contribution in [2.45, 2.75) is 24.6 Å². The van der Waals surface area contributed by atoms with Crippen molar-refractivity contribution >= 4 is 23.2 Å². The summed E-state index contributed by atoms with van der Waals surface area (Å²) < 4.78 is 91.7. The van der Waals surface area contributed by atoms with E-state index in [4.69, 9.17) is 9.47 Å². The Bertz CT molecular complexity index is 1200. The van der Waals surface area contributed by atoms with Crippen LogP contribution in [0.25, 0.3) is 0 Å². The van der Waals surface area contributed by atoms with Crippen molar-refractivity contribution in [3.8, 4) is 0 Å². The Morgan fingerprint density at radius 3 is 1.24 bits per heavy atom. The average molecular weight is 476 g/mol. The summed E-state index contributed by atoms with van der Waals surface area (Å²) in [5, 5.41) is 0. The van der Waals surface area contributed by atoms with Gasteiger partial charge in [0.1, 0.15) is 0 Å². The molecule has 2 aliphatic heterocycles. The van der Waals surface area contributed by atoms with Crippen LogP contribution in [0.1, 0.15) is 34.5 Å². The van der Waals surface area contributed by atoms with Crippen molar-refractivity contribution in [3.05, 3.63) is 95.1 Å². The van der Waals surface area contributed by atoms with Crippen LogP contribution in [0.4, 0.5) is 37.7 Å². The molecule has 0 bridgehead atoms. The molecule has 0 aromatic heterocycles. The van der Waals surface area contributed by atoms with Gasteiger partial charge < -0.3 is 9.47 Å². The van der Waals surface area contributed by atoms with Gasteiger partial charge in [0.15, 0.2) is 0 Å². The number of aliphatic imine (C=N–C) groups is 2. The van der Waals surface area contributed by atoms with E-state index in [2.05, 4.69) is 9.98 Å². The van der Waals surface area contributed by atoms with E-state index in [-0.39, 0.29) is 45.4 Å². The molecule has 2 aliphatic rings. The molecule has 0 fully saturated rings. The Morgan fingerprint density at radius 2 is 0.882 bits per heavy atom. The first-order chi connectivity index (χ1) is 16.1. The van der Waals surface area contributed by atoms with Crippen molar-refractivity contribution in [1.82, 2.24) is 0 Å². The summed E-state index contributed by atoms with van der Waals surface area (Å²) in [4.78, 5) is 8.36. The molecule has 10 heteroatoms. The van der Waals surface area contributed by atoms with E-state index < -0.39 is 24.6 Å². The third kappa shape index (κ3) is 4.00. The highest BCUT2D eigenvalue weighted by molar-refractivity contribution is 6.00. The summed E-state index contributed by atoms with van der Waals surface area (Å²) in [5.41, 5.74) is 0.488. The van der Waals surface area contributed by atoms with Crippen molar-refractivity contribution in [2.75, 3.05) is 0 Å². The second-order valence-electron chi connectivity index (χ2n) is 7.61. The van der Waals surface area contributed by atoms with Gasteiger partial charge in [-0.25, -0.2) is 9.98 Å². The molecule has 0 N–H and O–H groups in total. The molecule has 0 radical (unpaired) electrons. The standard InChI is InChI=1S/C24H14F6N2O2/c25-23(26,27)19-15-5-1-3-7-17(15)31-21(33-19)13-9-11-14(12-10-13)22-32-18-8-4-2-6-16(18)20(34-22)24(28,29)30/h1-12,19-20H/t19-,20+. The molecule has 4 nitrogen and oxygen atoms in total. The fourth-order valence-corrected chi connectivity index (χ4v) is 3.75. The quantitative estimate of drug-likeness (QED) is 0.370. The maximum Gasteiger partial charge on any atom is 0.429 e. The minimum Gasteiger partial charge on any atom is -0.459 e. The first-order valence-corrected chi connectivity index (χ1v) is 10.0. The Labute approximate surface area is 189 Å². The number of halogens is 6. The largest absolute Gasteiger partial charge is 0.459 e. The van der Waals surface area contributed by atoms with E-state index in [1.54, 1.807) is 12.1 Å². The maximum atomic E-state index is 13.6. The Kier molecular flexibility index (Phi) is 5.11. The van der Waals surface area contributed by atoms with Crippen molar-refractivity contribution in [1.29, 1.82) is 0 Å². The Balaban J connectivity index is 1.48. The van der Waals surface area contributed by atoms with Crippen LogP contribution in [0.5, 0.6) is 0 Å². The van der Waals surface area contributed by atoms with Crippen molar-refractivity contribution in [2.24, 2.45) is 9.98 Å². The van der Waals surface area contributed by atoms with Crippen LogP contribution >= 0.6 is 0 Å². The van der Waals surface area contributed by atoms with Crippen LogP contribution in [0.2, 0.25) is 0 Å². The molecule has 174 valence electrons. The van der Waals surface area contributed by atoms with Gasteiger partial charge in [-0.15, -0.1) is 0 Å². The number of hydrogen-bond donors (Lipinski definition) is 0. The lowest BCUT2D eigenvalue weighted by Gasteiger charge is -2.28. The molecule has 3 aromatic carbocycles. The van der Waals surface area contributed by atoms with Crippen LogP contribution < -0.4 is 0 Å². The van der Waals surface area contributed by atoms with Gasteiger partial charge in [-0.05, 0) is 36.4 Å². The Hall–Kier alpha value is -3.82. The highest BCUT2D eigenvalue weighted by atomic mass is 19.4. The summed E-state index contributed by atoms with van der Waals surface area (Å²) in [6.45, 7) is 0. The first kappa shape index (κ1) is 22.0. The highest BCUT2D eigenvalue weighted by Gasteiger charge is 2.47. The van der Waals surface area contributed by atoms with Gasteiger partial charge in [-0.2, -0.15) is 26.3 Å².